The number of halogens is 1. The van der Waals surface area contributed by atoms with E-state index in [-0.39, 0.29) is 12.1 Å². The maximum Gasteiger partial charge on any atom is 0.322 e. The highest BCUT2D eigenvalue weighted by molar-refractivity contribution is 6.33. The predicted octanol–water partition coefficient (Wildman–Crippen LogP) is 4.88. The standard InChI is InChI=1S/C18H22ClN3O2/c1-4-16-17(12(3)21-24-16)15-6-5-9-22(15)18(23)20-14-8-7-11(2)10-13(14)19/h7-8,10,15H,4-6,9H2,1-3H3,(H,20,23). The summed E-state index contributed by atoms with van der Waals surface area (Å²) >= 11 is 6.23. The van der Waals surface area contributed by atoms with E-state index in [0.717, 1.165) is 41.8 Å². The van der Waals surface area contributed by atoms with Crippen molar-refractivity contribution >= 4 is 23.3 Å². The molecule has 1 aromatic heterocycles. The van der Waals surface area contributed by atoms with Gasteiger partial charge in [-0.1, -0.05) is 29.7 Å². The van der Waals surface area contributed by atoms with E-state index in [9.17, 15) is 4.79 Å². The second kappa shape index (κ2) is 6.85. The van der Waals surface area contributed by atoms with Gasteiger partial charge in [-0.2, -0.15) is 0 Å². The van der Waals surface area contributed by atoms with Crippen LogP contribution in [0.3, 0.4) is 0 Å². The Kier molecular flexibility index (Phi) is 4.81. The number of benzene rings is 1. The summed E-state index contributed by atoms with van der Waals surface area (Å²) in [4.78, 5) is 14.6. The van der Waals surface area contributed by atoms with Crippen molar-refractivity contribution in [2.24, 2.45) is 0 Å². The quantitative estimate of drug-likeness (QED) is 0.861. The van der Waals surface area contributed by atoms with E-state index < -0.39 is 0 Å². The van der Waals surface area contributed by atoms with E-state index in [4.69, 9.17) is 16.1 Å². The zero-order chi connectivity index (χ0) is 17.3. The van der Waals surface area contributed by atoms with Gasteiger partial charge in [-0.25, -0.2) is 4.79 Å². The van der Waals surface area contributed by atoms with Crippen LogP contribution in [0, 0.1) is 13.8 Å². The summed E-state index contributed by atoms with van der Waals surface area (Å²) in [6.07, 6.45) is 2.66. The van der Waals surface area contributed by atoms with Crippen molar-refractivity contribution in [3.8, 4) is 0 Å². The molecule has 24 heavy (non-hydrogen) atoms. The Morgan fingerprint density at radius 2 is 2.25 bits per heavy atom. The Hall–Kier alpha value is -2.01. The van der Waals surface area contributed by atoms with Gasteiger partial charge in [0.15, 0.2) is 0 Å². The topological polar surface area (TPSA) is 58.4 Å². The zero-order valence-corrected chi connectivity index (χ0v) is 15.0. The Labute approximate surface area is 147 Å². The molecule has 1 atom stereocenters. The lowest BCUT2D eigenvalue weighted by Gasteiger charge is -2.25. The zero-order valence-electron chi connectivity index (χ0n) is 14.2. The van der Waals surface area contributed by atoms with Crippen LogP contribution in [0.4, 0.5) is 10.5 Å². The number of anilines is 1. The number of likely N-dealkylation sites (tertiary alicyclic amines) is 1. The van der Waals surface area contributed by atoms with Gasteiger partial charge in [0.05, 0.1) is 22.4 Å². The van der Waals surface area contributed by atoms with Gasteiger partial charge in [-0.3, -0.25) is 0 Å². The molecule has 2 amide bonds. The minimum Gasteiger partial charge on any atom is -0.361 e. The molecule has 0 spiro atoms. The van der Waals surface area contributed by atoms with Gasteiger partial charge in [0, 0.05) is 18.5 Å². The van der Waals surface area contributed by atoms with Gasteiger partial charge in [-0.15, -0.1) is 0 Å². The van der Waals surface area contributed by atoms with E-state index in [1.165, 1.54) is 0 Å². The summed E-state index contributed by atoms with van der Waals surface area (Å²) in [7, 11) is 0. The first-order chi connectivity index (χ1) is 11.5. The van der Waals surface area contributed by atoms with Gasteiger partial charge in [-0.05, 0) is 44.4 Å². The number of aromatic nitrogens is 1. The van der Waals surface area contributed by atoms with E-state index in [1.807, 2.05) is 43.9 Å². The van der Waals surface area contributed by atoms with Crippen LogP contribution in [-0.2, 0) is 6.42 Å². The van der Waals surface area contributed by atoms with Crippen LogP contribution < -0.4 is 5.32 Å². The monoisotopic (exact) mass is 347 g/mol. The first-order valence-corrected chi connectivity index (χ1v) is 8.68. The fourth-order valence-electron chi connectivity index (χ4n) is 3.32. The first kappa shape index (κ1) is 16.8. The minimum atomic E-state index is -0.133. The van der Waals surface area contributed by atoms with Gasteiger partial charge >= 0.3 is 6.03 Å². The van der Waals surface area contributed by atoms with E-state index in [0.29, 0.717) is 17.3 Å². The number of nitrogens with zero attached hydrogens (tertiary/aromatic N) is 2. The van der Waals surface area contributed by atoms with Crippen molar-refractivity contribution in [1.29, 1.82) is 0 Å². The molecule has 0 aliphatic carbocycles. The average Bonchev–Trinajstić information content (AvgIpc) is 3.15. The molecule has 128 valence electrons. The smallest absolute Gasteiger partial charge is 0.322 e. The number of hydrogen-bond acceptors (Lipinski definition) is 3. The molecule has 0 saturated carbocycles. The number of hydrogen-bond donors (Lipinski definition) is 1. The average molecular weight is 348 g/mol. The molecule has 1 aromatic carbocycles. The molecule has 2 aromatic rings. The van der Waals surface area contributed by atoms with Crippen molar-refractivity contribution in [3.05, 3.63) is 45.8 Å². The molecule has 3 rings (SSSR count). The number of carbonyl (C=O) groups is 1. The molecule has 1 aliphatic rings. The maximum absolute atomic E-state index is 12.8. The molecule has 0 bridgehead atoms. The van der Waals surface area contributed by atoms with Crippen molar-refractivity contribution in [2.45, 2.75) is 46.1 Å². The summed E-state index contributed by atoms with van der Waals surface area (Å²) in [5.41, 5.74) is 3.62. The molecule has 1 fully saturated rings. The van der Waals surface area contributed by atoms with Gasteiger partial charge in [0.2, 0.25) is 0 Å². The third kappa shape index (κ3) is 3.13. The molecule has 1 saturated heterocycles. The fourth-order valence-corrected chi connectivity index (χ4v) is 3.61. The van der Waals surface area contributed by atoms with Crippen molar-refractivity contribution in [1.82, 2.24) is 10.1 Å². The molecule has 6 heteroatoms. The van der Waals surface area contributed by atoms with Gasteiger partial charge in [0.1, 0.15) is 5.76 Å². The van der Waals surface area contributed by atoms with E-state index in [2.05, 4.69) is 10.5 Å². The highest BCUT2D eigenvalue weighted by atomic mass is 35.5. The van der Waals surface area contributed by atoms with Crippen molar-refractivity contribution < 1.29 is 9.32 Å². The Bertz CT molecular complexity index is 757. The Balaban J connectivity index is 1.82. The van der Waals surface area contributed by atoms with Crippen molar-refractivity contribution in [2.75, 3.05) is 11.9 Å². The molecule has 5 nitrogen and oxygen atoms in total. The van der Waals surface area contributed by atoms with Gasteiger partial charge < -0.3 is 14.7 Å². The molecule has 1 N–H and O–H groups in total. The van der Waals surface area contributed by atoms with Gasteiger partial charge in [0.25, 0.3) is 0 Å². The number of urea groups is 1. The largest absolute Gasteiger partial charge is 0.361 e. The van der Waals surface area contributed by atoms with Crippen LogP contribution in [0.5, 0.6) is 0 Å². The normalized spacial score (nSPS) is 17.3. The number of rotatable bonds is 3. The molecule has 1 unspecified atom stereocenters. The number of nitrogens with one attached hydrogen (secondary N) is 1. The third-order valence-corrected chi connectivity index (χ3v) is 4.83. The number of carbonyl (C=O) groups excluding carboxylic acids is 1. The molecular formula is C18H22ClN3O2. The minimum absolute atomic E-state index is 0.00965. The van der Waals surface area contributed by atoms with Crippen LogP contribution in [0.25, 0.3) is 0 Å². The van der Waals surface area contributed by atoms with Crippen LogP contribution >= 0.6 is 11.6 Å². The van der Waals surface area contributed by atoms with E-state index in [1.54, 1.807) is 0 Å². The number of amides is 2. The summed E-state index contributed by atoms with van der Waals surface area (Å²) in [5, 5.41) is 7.56. The van der Waals surface area contributed by atoms with E-state index >= 15 is 0 Å². The Morgan fingerprint density at radius 1 is 1.46 bits per heavy atom. The van der Waals surface area contributed by atoms with Crippen LogP contribution in [0.1, 0.15) is 48.4 Å². The highest BCUT2D eigenvalue weighted by Crippen LogP contribution is 2.36. The lowest BCUT2D eigenvalue weighted by Crippen LogP contribution is -2.35. The van der Waals surface area contributed by atoms with Crippen LogP contribution in [-0.4, -0.2) is 22.6 Å². The maximum atomic E-state index is 12.8. The first-order valence-electron chi connectivity index (χ1n) is 8.30. The summed E-state index contributed by atoms with van der Waals surface area (Å²) in [6, 6.07) is 5.49. The summed E-state index contributed by atoms with van der Waals surface area (Å²) in [6.45, 7) is 6.65. The van der Waals surface area contributed by atoms with Crippen LogP contribution in [0.15, 0.2) is 22.7 Å². The second-order valence-corrected chi connectivity index (χ2v) is 6.63. The molecule has 2 heterocycles. The fraction of sp³-hybridized carbons (Fsp3) is 0.444. The van der Waals surface area contributed by atoms with Crippen molar-refractivity contribution in [3.63, 3.8) is 0 Å². The Morgan fingerprint density at radius 3 is 2.96 bits per heavy atom. The SMILES string of the molecule is CCc1onc(C)c1C1CCCN1C(=O)Nc1ccc(C)cc1Cl. The highest BCUT2D eigenvalue weighted by Gasteiger charge is 2.34. The molecule has 1 aliphatic heterocycles. The molecule has 0 radical (unpaired) electrons. The predicted molar refractivity (Wildman–Crippen MR) is 94.5 cm³/mol. The third-order valence-electron chi connectivity index (χ3n) is 4.52. The lowest BCUT2D eigenvalue weighted by molar-refractivity contribution is 0.206. The second-order valence-electron chi connectivity index (χ2n) is 6.22. The number of aryl methyl sites for hydroxylation is 3. The summed E-state index contributed by atoms with van der Waals surface area (Å²) < 4.78 is 5.41. The van der Waals surface area contributed by atoms with Crippen LogP contribution in [0.2, 0.25) is 5.02 Å². The summed E-state index contributed by atoms with van der Waals surface area (Å²) in [5.74, 6) is 0.866. The molecular weight excluding hydrogens is 326 g/mol. The lowest BCUT2D eigenvalue weighted by atomic mass is 10.0.